The zero-order valence-electron chi connectivity index (χ0n) is 11.9. The Morgan fingerprint density at radius 1 is 1.20 bits per heavy atom. The predicted molar refractivity (Wildman–Crippen MR) is 75.8 cm³/mol. The van der Waals surface area contributed by atoms with E-state index in [1.165, 1.54) is 0 Å². The van der Waals surface area contributed by atoms with Gasteiger partial charge in [-0.2, -0.15) is 0 Å². The minimum Gasteiger partial charge on any atom is -0.340 e. The molecule has 20 heavy (non-hydrogen) atoms. The summed E-state index contributed by atoms with van der Waals surface area (Å²) in [5.41, 5.74) is 1.04. The summed E-state index contributed by atoms with van der Waals surface area (Å²) in [7, 11) is 0. The average molecular weight is 272 g/mol. The highest BCUT2D eigenvalue weighted by Crippen LogP contribution is 2.49. The molecule has 4 heteroatoms. The van der Waals surface area contributed by atoms with Crippen LogP contribution in [0.5, 0.6) is 0 Å². The molecule has 2 fully saturated rings. The summed E-state index contributed by atoms with van der Waals surface area (Å²) in [6.07, 6.45) is 1.41. The third-order valence-corrected chi connectivity index (χ3v) is 4.39. The van der Waals surface area contributed by atoms with Gasteiger partial charge in [-0.25, -0.2) is 0 Å². The van der Waals surface area contributed by atoms with Crippen LogP contribution < -0.4 is 5.32 Å². The summed E-state index contributed by atoms with van der Waals surface area (Å²) < 4.78 is 0. The fraction of sp³-hybridized carbons (Fsp3) is 0.500. The molecule has 2 aliphatic rings. The Kier molecular flexibility index (Phi) is 3.04. The fourth-order valence-corrected chi connectivity index (χ4v) is 2.95. The van der Waals surface area contributed by atoms with Crippen molar-refractivity contribution in [1.82, 2.24) is 10.2 Å². The second kappa shape index (κ2) is 4.62. The van der Waals surface area contributed by atoms with E-state index in [0.717, 1.165) is 12.0 Å². The normalized spacial score (nSPS) is 28.8. The molecule has 2 amide bonds. The summed E-state index contributed by atoms with van der Waals surface area (Å²) in [6.45, 7) is 4.87. The van der Waals surface area contributed by atoms with E-state index in [1.807, 2.05) is 35.2 Å². The lowest BCUT2D eigenvalue weighted by Crippen LogP contribution is -2.40. The van der Waals surface area contributed by atoms with Gasteiger partial charge in [0.15, 0.2) is 0 Å². The van der Waals surface area contributed by atoms with E-state index >= 15 is 0 Å². The molecule has 1 saturated heterocycles. The monoisotopic (exact) mass is 272 g/mol. The van der Waals surface area contributed by atoms with E-state index in [0.29, 0.717) is 13.0 Å². The summed E-state index contributed by atoms with van der Waals surface area (Å²) in [5, 5.41) is 2.85. The van der Waals surface area contributed by atoms with Gasteiger partial charge in [-0.1, -0.05) is 44.2 Å². The highest BCUT2D eigenvalue weighted by molar-refractivity contribution is 5.91. The van der Waals surface area contributed by atoms with Gasteiger partial charge in [-0.15, -0.1) is 0 Å². The van der Waals surface area contributed by atoms with E-state index < -0.39 is 6.04 Å². The van der Waals surface area contributed by atoms with Gasteiger partial charge in [0.1, 0.15) is 6.04 Å². The predicted octanol–water partition coefficient (Wildman–Crippen LogP) is 1.87. The molecule has 1 N–H and O–H groups in total. The molecule has 2 atom stereocenters. The number of carbonyl (C=O) groups is 2. The van der Waals surface area contributed by atoms with Crippen molar-refractivity contribution >= 4 is 11.8 Å². The second-order valence-electron chi connectivity index (χ2n) is 6.40. The molecule has 1 aromatic carbocycles. The van der Waals surface area contributed by atoms with E-state index in [2.05, 4.69) is 19.2 Å². The number of carbonyl (C=O) groups excluding carboxylic acids is 2. The Hall–Kier alpha value is -1.84. The van der Waals surface area contributed by atoms with Crippen molar-refractivity contribution in [2.24, 2.45) is 5.41 Å². The van der Waals surface area contributed by atoms with Crippen molar-refractivity contribution in [2.75, 3.05) is 6.54 Å². The zero-order valence-corrected chi connectivity index (χ0v) is 11.9. The fourth-order valence-electron chi connectivity index (χ4n) is 2.95. The Balaban J connectivity index is 1.89. The van der Waals surface area contributed by atoms with E-state index in [-0.39, 0.29) is 23.3 Å². The third-order valence-electron chi connectivity index (χ3n) is 4.39. The van der Waals surface area contributed by atoms with E-state index in [4.69, 9.17) is 0 Å². The Morgan fingerprint density at radius 2 is 1.85 bits per heavy atom. The van der Waals surface area contributed by atoms with Crippen LogP contribution in [0.25, 0.3) is 0 Å². The number of hydrogen-bond acceptors (Lipinski definition) is 2. The lowest BCUT2D eigenvalue weighted by atomic mass is 10.1. The largest absolute Gasteiger partial charge is 0.340 e. The van der Waals surface area contributed by atoms with Gasteiger partial charge < -0.3 is 10.2 Å². The van der Waals surface area contributed by atoms with Crippen molar-refractivity contribution in [2.45, 2.75) is 38.8 Å². The van der Waals surface area contributed by atoms with Crippen molar-refractivity contribution in [3.63, 3.8) is 0 Å². The standard InChI is InChI=1S/C16H20N2O2/c1-16(2)10-12(16)18-9-8-13(19)17-14(15(18)20)11-6-4-3-5-7-11/h3-7,12,14H,8-10H2,1-2H3,(H,17,19). The number of nitrogens with zero attached hydrogens (tertiary/aromatic N) is 1. The number of rotatable bonds is 2. The lowest BCUT2D eigenvalue weighted by Gasteiger charge is -2.25. The van der Waals surface area contributed by atoms with Gasteiger partial charge >= 0.3 is 0 Å². The molecule has 3 rings (SSSR count). The Labute approximate surface area is 119 Å². The van der Waals surface area contributed by atoms with E-state index in [1.54, 1.807) is 0 Å². The highest BCUT2D eigenvalue weighted by Gasteiger charge is 2.52. The first-order valence-corrected chi connectivity index (χ1v) is 7.14. The zero-order chi connectivity index (χ0) is 14.3. The molecule has 0 radical (unpaired) electrons. The molecule has 2 unspecified atom stereocenters. The number of amides is 2. The van der Waals surface area contributed by atoms with Crippen LogP contribution in [0.15, 0.2) is 30.3 Å². The SMILES string of the molecule is CC1(C)CC1N1CCC(=O)NC(c2ccccc2)C1=O. The number of benzene rings is 1. The van der Waals surface area contributed by atoms with Crippen molar-refractivity contribution in [1.29, 1.82) is 0 Å². The minimum atomic E-state index is -0.539. The molecule has 1 aromatic rings. The van der Waals surface area contributed by atoms with Crippen LogP contribution in [0.1, 0.15) is 38.3 Å². The summed E-state index contributed by atoms with van der Waals surface area (Å²) >= 11 is 0. The molecular weight excluding hydrogens is 252 g/mol. The smallest absolute Gasteiger partial charge is 0.250 e. The van der Waals surface area contributed by atoms with Crippen molar-refractivity contribution in [3.05, 3.63) is 35.9 Å². The quantitative estimate of drug-likeness (QED) is 0.893. The first-order chi connectivity index (χ1) is 9.49. The van der Waals surface area contributed by atoms with Crippen LogP contribution in [-0.4, -0.2) is 29.3 Å². The number of nitrogens with one attached hydrogen (secondary N) is 1. The van der Waals surface area contributed by atoms with Gasteiger partial charge in [0, 0.05) is 19.0 Å². The van der Waals surface area contributed by atoms with Crippen LogP contribution in [0.2, 0.25) is 0 Å². The Bertz CT molecular complexity index is 539. The minimum absolute atomic E-state index is 0.0256. The molecule has 4 nitrogen and oxygen atoms in total. The molecule has 1 heterocycles. The summed E-state index contributed by atoms with van der Waals surface area (Å²) in [5.74, 6) is -0.0224. The highest BCUT2D eigenvalue weighted by atomic mass is 16.2. The first kappa shape index (κ1) is 13.2. The number of hydrogen-bond donors (Lipinski definition) is 1. The molecule has 1 aliphatic carbocycles. The van der Waals surface area contributed by atoms with Gasteiger partial charge in [0.2, 0.25) is 11.8 Å². The molecule has 0 spiro atoms. The topological polar surface area (TPSA) is 49.4 Å². The van der Waals surface area contributed by atoms with Crippen molar-refractivity contribution in [3.8, 4) is 0 Å². The summed E-state index contributed by atoms with van der Waals surface area (Å²) in [6, 6.07) is 9.22. The molecule has 1 saturated carbocycles. The van der Waals surface area contributed by atoms with Gasteiger partial charge in [-0.05, 0) is 17.4 Å². The maximum absolute atomic E-state index is 12.8. The molecular formula is C16H20N2O2. The van der Waals surface area contributed by atoms with Gasteiger partial charge in [-0.3, -0.25) is 9.59 Å². The molecule has 0 bridgehead atoms. The van der Waals surface area contributed by atoms with Crippen molar-refractivity contribution < 1.29 is 9.59 Å². The molecule has 1 aliphatic heterocycles. The Morgan fingerprint density at radius 3 is 2.45 bits per heavy atom. The summed E-state index contributed by atoms with van der Waals surface area (Å²) in [4.78, 5) is 26.5. The molecule has 106 valence electrons. The van der Waals surface area contributed by atoms with Crippen LogP contribution in [0, 0.1) is 5.41 Å². The first-order valence-electron chi connectivity index (χ1n) is 7.14. The second-order valence-corrected chi connectivity index (χ2v) is 6.40. The van der Waals surface area contributed by atoms with Crippen LogP contribution in [0.4, 0.5) is 0 Å². The maximum atomic E-state index is 12.8. The van der Waals surface area contributed by atoms with Crippen LogP contribution in [-0.2, 0) is 9.59 Å². The third kappa shape index (κ3) is 2.30. The van der Waals surface area contributed by atoms with Gasteiger partial charge in [0.05, 0.1) is 0 Å². The average Bonchev–Trinajstić information content (AvgIpc) is 3.08. The van der Waals surface area contributed by atoms with E-state index in [9.17, 15) is 9.59 Å². The van der Waals surface area contributed by atoms with Gasteiger partial charge in [0.25, 0.3) is 0 Å². The maximum Gasteiger partial charge on any atom is 0.250 e. The van der Waals surface area contributed by atoms with Crippen LogP contribution >= 0.6 is 0 Å². The van der Waals surface area contributed by atoms with Crippen LogP contribution in [0.3, 0.4) is 0 Å². The molecule has 0 aromatic heterocycles. The lowest BCUT2D eigenvalue weighted by molar-refractivity contribution is -0.134.